The fourth-order valence-electron chi connectivity index (χ4n) is 9.90. The molecule has 0 unspecified atom stereocenters. The van der Waals surface area contributed by atoms with Gasteiger partial charge in [-0.2, -0.15) is 0 Å². The highest BCUT2D eigenvalue weighted by atomic mass is 16.3. The largest absolute Gasteiger partial charge is 0.456 e. The third-order valence-corrected chi connectivity index (χ3v) is 12.9. The van der Waals surface area contributed by atoms with Crippen molar-refractivity contribution in [1.29, 1.82) is 0 Å². The number of furan rings is 1. The van der Waals surface area contributed by atoms with Gasteiger partial charge in [0.05, 0.1) is 0 Å². The van der Waals surface area contributed by atoms with Crippen molar-refractivity contribution in [3.63, 3.8) is 0 Å². The van der Waals surface area contributed by atoms with Crippen LogP contribution < -0.4 is 4.90 Å². The number of anilines is 3. The Bertz CT molecular complexity index is 3040. The summed E-state index contributed by atoms with van der Waals surface area (Å²) < 4.78 is 6.46. The Morgan fingerprint density at radius 1 is 0.339 bits per heavy atom. The van der Waals surface area contributed by atoms with Gasteiger partial charge in [-0.05, 0) is 122 Å². The molecule has 1 fully saturated rings. The maximum Gasteiger partial charge on any atom is 0.137 e. The highest BCUT2D eigenvalue weighted by Crippen LogP contribution is 2.47. The Balaban J connectivity index is 1.08. The second-order valence-electron chi connectivity index (χ2n) is 16.6. The predicted octanol–water partition coefficient (Wildman–Crippen LogP) is 17.4. The van der Waals surface area contributed by atoms with Gasteiger partial charge in [-0.3, -0.25) is 0 Å². The molecule has 1 saturated carbocycles. The summed E-state index contributed by atoms with van der Waals surface area (Å²) in [4.78, 5) is 2.38. The van der Waals surface area contributed by atoms with Crippen molar-refractivity contribution in [2.45, 2.75) is 38.0 Å². The Hall–Kier alpha value is -7.42. The van der Waals surface area contributed by atoms with Crippen molar-refractivity contribution in [3.05, 3.63) is 224 Å². The Kier molecular flexibility index (Phi) is 10.0. The van der Waals surface area contributed by atoms with Crippen molar-refractivity contribution in [3.8, 4) is 55.6 Å². The predicted molar refractivity (Wildman–Crippen MR) is 261 cm³/mol. The van der Waals surface area contributed by atoms with Crippen LogP contribution in [0.4, 0.5) is 17.1 Å². The number of fused-ring (bicyclic) bond motifs is 3. The number of benzene rings is 9. The zero-order chi connectivity index (χ0) is 41.2. The highest BCUT2D eigenvalue weighted by Gasteiger charge is 2.22. The fraction of sp³-hybridized carbons (Fsp3) is 0.100. The number of nitrogens with zero attached hydrogens (tertiary/aromatic N) is 1. The first kappa shape index (κ1) is 37.6. The van der Waals surface area contributed by atoms with E-state index in [4.69, 9.17) is 4.42 Å². The van der Waals surface area contributed by atoms with Gasteiger partial charge in [0.25, 0.3) is 0 Å². The van der Waals surface area contributed by atoms with E-state index in [0.717, 1.165) is 44.6 Å². The molecule has 0 radical (unpaired) electrons. The van der Waals surface area contributed by atoms with E-state index >= 15 is 0 Å². The van der Waals surface area contributed by atoms with E-state index in [2.05, 4.69) is 217 Å². The van der Waals surface area contributed by atoms with Crippen LogP contribution in [0.15, 0.2) is 223 Å². The second kappa shape index (κ2) is 16.6. The van der Waals surface area contributed by atoms with Gasteiger partial charge >= 0.3 is 0 Å². The molecule has 9 aromatic carbocycles. The average Bonchev–Trinajstić information content (AvgIpc) is 3.73. The van der Waals surface area contributed by atoms with Crippen molar-refractivity contribution in [2.24, 2.45) is 0 Å². The molecule has 0 spiro atoms. The van der Waals surface area contributed by atoms with Gasteiger partial charge in [0.15, 0.2) is 0 Å². The molecule has 0 N–H and O–H groups in total. The van der Waals surface area contributed by atoms with Crippen LogP contribution in [0.2, 0.25) is 0 Å². The first-order valence-electron chi connectivity index (χ1n) is 22.1. The third kappa shape index (κ3) is 7.08. The number of hydrogen-bond donors (Lipinski definition) is 0. The second-order valence-corrected chi connectivity index (χ2v) is 16.6. The summed E-state index contributed by atoms with van der Waals surface area (Å²) in [5.74, 6) is 0.644. The first-order valence-corrected chi connectivity index (χ1v) is 22.1. The van der Waals surface area contributed by atoms with Crippen LogP contribution in [0.5, 0.6) is 0 Å². The summed E-state index contributed by atoms with van der Waals surface area (Å²) in [6.07, 6.45) is 6.56. The zero-order valence-electron chi connectivity index (χ0n) is 34.8. The van der Waals surface area contributed by atoms with Crippen LogP contribution in [-0.4, -0.2) is 0 Å². The van der Waals surface area contributed by atoms with Crippen molar-refractivity contribution in [2.75, 3.05) is 4.90 Å². The molecule has 62 heavy (non-hydrogen) atoms. The van der Waals surface area contributed by atoms with Gasteiger partial charge in [0.1, 0.15) is 11.2 Å². The van der Waals surface area contributed by atoms with E-state index in [1.807, 2.05) is 6.07 Å². The molecule has 0 bridgehead atoms. The smallest absolute Gasteiger partial charge is 0.137 e. The molecule has 11 rings (SSSR count). The molecule has 0 amide bonds. The van der Waals surface area contributed by atoms with Crippen LogP contribution in [-0.2, 0) is 0 Å². The Labute approximate surface area is 364 Å². The minimum atomic E-state index is 0.644. The Morgan fingerprint density at radius 3 is 1.44 bits per heavy atom. The van der Waals surface area contributed by atoms with Gasteiger partial charge in [0, 0.05) is 33.9 Å². The molecule has 2 heteroatoms. The molecule has 1 aliphatic carbocycles. The first-order chi connectivity index (χ1) is 30.8. The molecule has 298 valence electrons. The van der Waals surface area contributed by atoms with Crippen molar-refractivity contribution in [1.82, 2.24) is 0 Å². The fourth-order valence-corrected chi connectivity index (χ4v) is 9.90. The lowest BCUT2D eigenvalue weighted by Crippen LogP contribution is -2.10. The minimum Gasteiger partial charge on any atom is -0.456 e. The normalized spacial score (nSPS) is 13.1. The van der Waals surface area contributed by atoms with Crippen LogP contribution in [0.3, 0.4) is 0 Å². The molecular formula is C60H47NO. The molecule has 0 aliphatic heterocycles. The molecular weight excluding hydrogens is 751 g/mol. The monoisotopic (exact) mass is 797 g/mol. The summed E-state index contributed by atoms with van der Waals surface area (Å²) in [7, 11) is 0. The van der Waals surface area contributed by atoms with Crippen LogP contribution in [0, 0.1) is 0 Å². The van der Waals surface area contributed by atoms with Crippen molar-refractivity contribution < 1.29 is 4.42 Å². The topological polar surface area (TPSA) is 16.4 Å². The van der Waals surface area contributed by atoms with Crippen molar-refractivity contribution >= 4 is 39.0 Å². The molecule has 1 aliphatic rings. The lowest BCUT2D eigenvalue weighted by molar-refractivity contribution is 0.443. The van der Waals surface area contributed by atoms with E-state index in [1.165, 1.54) is 87.7 Å². The summed E-state index contributed by atoms with van der Waals surface area (Å²) in [5.41, 5.74) is 18.5. The SMILES string of the molecule is c1ccc(-c2ccccc2-c2cccc(-c3ccccc3-c3ccccc3)c2-c2ccc(N(c3ccc(C4CCCCC4)cc3)c3ccc4c(c3)oc3ccccc34)cc2)cc1. The molecule has 2 nitrogen and oxygen atoms in total. The molecule has 10 aromatic rings. The quantitative estimate of drug-likeness (QED) is 0.145. The summed E-state index contributed by atoms with van der Waals surface area (Å²) in [5, 5.41) is 2.27. The van der Waals surface area contributed by atoms with Crippen LogP contribution in [0.1, 0.15) is 43.6 Å². The van der Waals surface area contributed by atoms with Gasteiger partial charge in [-0.15, -0.1) is 0 Å². The minimum absolute atomic E-state index is 0.644. The van der Waals surface area contributed by atoms with E-state index in [9.17, 15) is 0 Å². The standard InChI is InChI=1S/C60H47NO/c1-4-17-42(18-5-1)43-31-35-47(36-32-43)61(49-39-40-55-54-27-14-15-30-58(54)62-59(55)41-49)48-37-33-46(34-38-48)60-56(52-25-12-10-23-50(52)44-19-6-2-7-20-44)28-16-29-57(60)53-26-13-11-24-51(53)45-21-8-3-9-22-45/h2-3,6-16,19-42H,1,4-5,17-18H2. The number of para-hydroxylation sites is 1. The zero-order valence-corrected chi connectivity index (χ0v) is 34.8. The maximum atomic E-state index is 6.46. The molecule has 1 heterocycles. The maximum absolute atomic E-state index is 6.46. The number of hydrogen-bond acceptors (Lipinski definition) is 2. The van der Waals surface area contributed by atoms with E-state index in [-0.39, 0.29) is 0 Å². The van der Waals surface area contributed by atoms with Gasteiger partial charge in [-0.25, -0.2) is 0 Å². The average molecular weight is 798 g/mol. The van der Waals surface area contributed by atoms with Gasteiger partial charge in [0.2, 0.25) is 0 Å². The summed E-state index contributed by atoms with van der Waals surface area (Å²) >= 11 is 0. The van der Waals surface area contributed by atoms with Crippen LogP contribution >= 0.6 is 0 Å². The molecule has 1 aromatic heterocycles. The third-order valence-electron chi connectivity index (χ3n) is 12.9. The number of rotatable bonds is 9. The van der Waals surface area contributed by atoms with E-state index in [0.29, 0.717) is 5.92 Å². The van der Waals surface area contributed by atoms with E-state index in [1.54, 1.807) is 0 Å². The summed E-state index contributed by atoms with van der Waals surface area (Å²) in [6.45, 7) is 0. The highest BCUT2D eigenvalue weighted by molar-refractivity contribution is 6.06. The van der Waals surface area contributed by atoms with E-state index < -0.39 is 0 Å². The molecule has 0 saturated heterocycles. The lowest BCUT2D eigenvalue weighted by Gasteiger charge is -2.27. The van der Waals surface area contributed by atoms with Crippen LogP contribution in [0.25, 0.3) is 77.6 Å². The Morgan fingerprint density at radius 2 is 0.823 bits per heavy atom. The summed E-state index contributed by atoms with van der Waals surface area (Å²) in [6, 6.07) is 79.5. The van der Waals surface area contributed by atoms with Gasteiger partial charge < -0.3 is 9.32 Å². The lowest BCUT2D eigenvalue weighted by atomic mass is 9.83. The molecule has 0 atom stereocenters. The van der Waals surface area contributed by atoms with Gasteiger partial charge in [-0.1, -0.05) is 189 Å².